The molecule has 0 amide bonds. The summed E-state index contributed by atoms with van der Waals surface area (Å²) in [6, 6.07) is 3.55. The van der Waals surface area contributed by atoms with E-state index < -0.39 is 10.0 Å². The molecule has 2 unspecified atom stereocenters. The van der Waals surface area contributed by atoms with E-state index in [9.17, 15) is 8.42 Å². The number of hydrogen-bond donors (Lipinski definition) is 2. The molecule has 0 aliphatic heterocycles. The van der Waals surface area contributed by atoms with Crippen LogP contribution >= 0.6 is 11.8 Å². The van der Waals surface area contributed by atoms with E-state index in [-0.39, 0.29) is 6.04 Å². The Morgan fingerprint density at radius 3 is 2.67 bits per heavy atom. The lowest BCUT2D eigenvalue weighted by Gasteiger charge is -2.29. The quantitative estimate of drug-likeness (QED) is 0.834. The topological polar surface area (TPSA) is 72.2 Å². The molecule has 1 aromatic rings. The Morgan fingerprint density at radius 2 is 2.00 bits per heavy atom. The highest BCUT2D eigenvalue weighted by atomic mass is 32.2. The van der Waals surface area contributed by atoms with E-state index in [0.29, 0.717) is 21.4 Å². The first-order valence-electron chi connectivity index (χ1n) is 7.26. The van der Waals surface area contributed by atoms with E-state index in [1.54, 1.807) is 19.1 Å². The van der Waals surface area contributed by atoms with Crippen molar-refractivity contribution in [3.05, 3.63) is 23.3 Å². The molecule has 1 aliphatic carbocycles. The lowest BCUT2D eigenvalue weighted by atomic mass is 9.96. The lowest BCUT2D eigenvalue weighted by Crippen LogP contribution is -2.39. The molecule has 1 aliphatic rings. The maximum atomic E-state index is 12.7. The molecule has 4 nitrogen and oxygen atoms in total. The van der Waals surface area contributed by atoms with E-state index >= 15 is 0 Å². The van der Waals surface area contributed by atoms with Gasteiger partial charge in [0, 0.05) is 17.0 Å². The standard InChI is InChI=1S/C15H24N2O2S2/c1-10-7-8-14(16)11(2)15(10)21(18,19)17-12-5-4-6-13(9-12)20-3/h7-8,12-13,17H,4-6,9,16H2,1-3H3. The van der Waals surface area contributed by atoms with Gasteiger partial charge in [-0.3, -0.25) is 0 Å². The maximum absolute atomic E-state index is 12.7. The molecule has 3 N–H and O–H groups in total. The molecule has 21 heavy (non-hydrogen) atoms. The normalized spacial score (nSPS) is 23.2. The van der Waals surface area contributed by atoms with Crippen LogP contribution in [0.15, 0.2) is 17.0 Å². The molecule has 0 radical (unpaired) electrons. The molecule has 0 spiro atoms. The molecular weight excluding hydrogens is 304 g/mol. The molecule has 0 bridgehead atoms. The third kappa shape index (κ3) is 3.73. The van der Waals surface area contributed by atoms with Crippen LogP contribution in [-0.2, 0) is 10.0 Å². The minimum absolute atomic E-state index is 0.0291. The van der Waals surface area contributed by atoms with Crippen molar-refractivity contribution in [2.75, 3.05) is 12.0 Å². The van der Waals surface area contributed by atoms with Crippen molar-refractivity contribution in [3.8, 4) is 0 Å². The van der Waals surface area contributed by atoms with E-state index in [1.807, 2.05) is 18.7 Å². The van der Waals surface area contributed by atoms with E-state index in [0.717, 1.165) is 24.8 Å². The number of rotatable bonds is 4. The Morgan fingerprint density at radius 1 is 1.29 bits per heavy atom. The molecule has 2 rings (SSSR count). The van der Waals surface area contributed by atoms with Crippen molar-refractivity contribution in [1.29, 1.82) is 0 Å². The zero-order valence-corrected chi connectivity index (χ0v) is 14.5. The zero-order valence-electron chi connectivity index (χ0n) is 12.8. The number of aryl methyl sites for hydroxylation is 1. The van der Waals surface area contributed by atoms with Crippen LogP contribution in [0.3, 0.4) is 0 Å². The molecule has 1 saturated carbocycles. The van der Waals surface area contributed by atoms with Crippen LogP contribution in [0.4, 0.5) is 5.69 Å². The first kappa shape index (κ1) is 16.6. The fraction of sp³-hybridized carbons (Fsp3) is 0.600. The number of nitrogens with one attached hydrogen (secondary N) is 1. The number of thioether (sulfide) groups is 1. The average Bonchev–Trinajstić information content (AvgIpc) is 2.42. The van der Waals surface area contributed by atoms with Gasteiger partial charge in [0.2, 0.25) is 10.0 Å². The van der Waals surface area contributed by atoms with Crippen LogP contribution in [0.25, 0.3) is 0 Å². The number of anilines is 1. The Hall–Kier alpha value is -0.720. The van der Waals surface area contributed by atoms with Crippen LogP contribution < -0.4 is 10.5 Å². The summed E-state index contributed by atoms with van der Waals surface area (Å²) in [4.78, 5) is 0.341. The SMILES string of the molecule is CSC1CCCC(NS(=O)(=O)c2c(C)ccc(N)c2C)C1. The van der Waals surface area contributed by atoms with Crippen molar-refractivity contribution in [1.82, 2.24) is 4.72 Å². The molecule has 1 fully saturated rings. The zero-order chi connectivity index (χ0) is 15.6. The van der Waals surface area contributed by atoms with Crippen LogP contribution in [0, 0.1) is 13.8 Å². The van der Waals surface area contributed by atoms with Gasteiger partial charge in [0.15, 0.2) is 0 Å². The van der Waals surface area contributed by atoms with Crippen LogP contribution in [0.1, 0.15) is 36.8 Å². The second-order valence-electron chi connectivity index (χ2n) is 5.77. The number of sulfonamides is 1. The summed E-state index contributed by atoms with van der Waals surface area (Å²) in [6.45, 7) is 3.58. The number of benzene rings is 1. The predicted octanol–water partition coefficient (Wildman–Crippen LogP) is 2.84. The third-order valence-corrected chi connectivity index (χ3v) is 7.10. The van der Waals surface area contributed by atoms with Gasteiger partial charge in [-0.05, 0) is 56.6 Å². The summed E-state index contributed by atoms with van der Waals surface area (Å²) in [6.07, 6.45) is 6.16. The van der Waals surface area contributed by atoms with Crippen molar-refractivity contribution < 1.29 is 8.42 Å². The van der Waals surface area contributed by atoms with Crippen molar-refractivity contribution >= 4 is 27.5 Å². The van der Waals surface area contributed by atoms with Gasteiger partial charge in [0.1, 0.15) is 0 Å². The highest BCUT2D eigenvalue weighted by molar-refractivity contribution is 7.99. The van der Waals surface area contributed by atoms with E-state index in [1.165, 1.54) is 6.42 Å². The van der Waals surface area contributed by atoms with Gasteiger partial charge in [0.25, 0.3) is 0 Å². The Balaban J connectivity index is 2.25. The van der Waals surface area contributed by atoms with Gasteiger partial charge in [-0.2, -0.15) is 11.8 Å². The van der Waals surface area contributed by atoms with Crippen LogP contribution in [-0.4, -0.2) is 26.0 Å². The maximum Gasteiger partial charge on any atom is 0.241 e. The highest BCUT2D eigenvalue weighted by Gasteiger charge is 2.28. The second-order valence-corrected chi connectivity index (χ2v) is 8.56. The smallest absolute Gasteiger partial charge is 0.241 e. The summed E-state index contributed by atoms with van der Waals surface area (Å²) in [5.41, 5.74) is 7.77. The highest BCUT2D eigenvalue weighted by Crippen LogP contribution is 2.29. The molecule has 6 heteroatoms. The minimum Gasteiger partial charge on any atom is -0.398 e. The fourth-order valence-electron chi connectivity index (χ4n) is 3.00. The van der Waals surface area contributed by atoms with E-state index in [2.05, 4.69) is 11.0 Å². The summed E-state index contributed by atoms with van der Waals surface area (Å²) < 4.78 is 28.3. The predicted molar refractivity (Wildman–Crippen MR) is 90.2 cm³/mol. The summed E-state index contributed by atoms with van der Waals surface area (Å²) in [5, 5.41) is 0.550. The van der Waals surface area contributed by atoms with Crippen LogP contribution in [0.5, 0.6) is 0 Å². The Labute approximate surface area is 131 Å². The fourth-order valence-corrected chi connectivity index (χ4v) is 5.61. The second kappa shape index (κ2) is 6.58. The average molecular weight is 329 g/mol. The van der Waals surface area contributed by atoms with Crippen molar-refractivity contribution in [3.63, 3.8) is 0 Å². The molecule has 0 saturated heterocycles. The molecule has 0 heterocycles. The molecule has 1 aromatic carbocycles. The van der Waals surface area contributed by atoms with Crippen LogP contribution in [0.2, 0.25) is 0 Å². The van der Waals surface area contributed by atoms with Gasteiger partial charge in [-0.25, -0.2) is 13.1 Å². The Bertz CT molecular complexity index is 614. The van der Waals surface area contributed by atoms with Gasteiger partial charge in [-0.15, -0.1) is 0 Å². The Kier molecular flexibility index (Phi) is 5.22. The molecule has 0 aromatic heterocycles. The number of nitrogens with two attached hydrogens (primary N) is 1. The van der Waals surface area contributed by atoms with E-state index in [4.69, 9.17) is 5.73 Å². The molecular formula is C15H24N2O2S2. The number of hydrogen-bond acceptors (Lipinski definition) is 4. The van der Waals surface area contributed by atoms with Gasteiger partial charge < -0.3 is 5.73 Å². The first-order valence-corrected chi connectivity index (χ1v) is 10.0. The summed E-state index contributed by atoms with van der Waals surface area (Å²) in [5.74, 6) is 0. The monoisotopic (exact) mass is 328 g/mol. The minimum atomic E-state index is -3.51. The summed E-state index contributed by atoms with van der Waals surface area (Å²) in [7, 11) is -3.51. The van der Waals surface area contributed by atoms with Crippen molar-refractivity contribution in [2.24, 2.45) is 0 Å². The van der Waals surface area contributed by atoms with Gasteiger partial charge >= 0.3 is 0 Å². The lowest BCUT2D eigenvalue weighted by molar-refractivity contribution is 0.420. The summed E-state index contributed by atoms with van der Waals surface area (Å²) >= 11 is 1.83. The van der Waals surface area contributed by atoms with Gasteiger partial charge in [0.05, 0.1) is 4.90 Å². The third-order valence-electron chi connectivity index (χ3n) is 4.19. The molecule has 2 atom stereocenters. The number of nitrogen functional groups attached to an aromatic ring is 1. The van der Waals surface area contributed by atoms with Gasteiger partial charge in [-0.1, -0.05) is 12.5 Å². The first-order chi connectivity index (χ1) is 9.85. The largest absolute Gasteiger partial charge is 0.398 e. The van der Waals surface area contributed by atoms with Crippen molar-refractivity contribution in [2.45, 2.75) is 55.7 Å². The molecule has 118 valence electrons.